The van der Waals surface area contributed by atoms with Crippen molar-refractivity contribution in [2.75, 3.05) is 12.4 Å². The summed E-state index contributed by atoms with van der Waals surface area (Å²) in [5, 5.41) is 12.7. The van der Waals surface area contributed by atoms with E-state index in [1.54, 1.807) is 12.1 Å². The van der Waals surface area contributed by atoms with Crippen molar-refractivity contribution in [3.8, 4) is 0 Å². The summed E-state index contributed by atoms with van der Waals surface area (Å²) < 4.78 is 17.9. The molecule has 168 valence electrons. The summed E-state index contributed by atoms with van der Waals surface area (Å²) in [6, 6.07) is 7.50. The molecule has 0 aliphatic rings. The van der Waals surface area contributed by atoms with E-state index in [-0.39, 0.29) is 17.3 Å². The first-order chi connectivity index (χ1) is 16.0. The first-order valence-corrected chi connectivity index (χ1v) is 10.0. The van der Waals surface area contributed by atoms with Gasteiger partial charge in [0, 0.05) is 12.7 Å². The SMILES string of the molecule is COC(=O)c1ccc(CNc2n[nH]c3c(C(=O)NCc4ccc(F)c(Cl)c4)ncnc23)nc1. The van der Waals surface area contributed by atoms with Crippen molar-refractivity contribution in [2.24, 2.45) is 0 Å². The molecule has 0 spiro atoms. The lowest BCUT2D eigenvalue weighted by Gasteiger charge is -2.06. The van der Waals surface area contributed by atoms with Gasteiger partial charge in [0.1, 0.15) is 23.2 Å². The monoisotopic (exact) mass is 469 g/mol. The molecule has 3 aromatic heterocycles. The molecular weight excluding hydrogens is 453 g/mol. The van der Waals surface area contributed by atoms with Crippen LogP contribution in [0, 0.1) is 5.82 Å². The van der Waals surface area contributed by atoms with Gasteiger partial charge in [0.05, 0.1) is 29.9 Å². The van der Waals surface area contributed by atoms with E-state index in [9.17, 15) is 14.0 Å². The Hall–Kier alpha value is -4.12. The summed E-state index contributed by atoms with van der Waals surface area (Å²) in [4.78, 5) is 36.6. The number of nitrogens with zero attached hydrogens (tertiary/aromatic N) is 4. The number of benzene rings is 1. The predicted octanol–water partition coefficient (Wildman–Crippen LogP) is 2.87. The number of hydrogen-bond donors (Lipinski definition) is 3. The number of methoxy groups -OCH3 is 1. The number of ether oxygens (including phenoxy) is 1. The maximum Gasteiger partial charge on any atom is 0.339 e. The smallest absolute Gasteiger partial charge is 0.339 e. The zero-order valence-corrected chi connectivity index (χ0v) is 18.0. The van der Waals surface area contributed by atoms with Crippen molar-refractivity contribution in [1.29, 1.82) is 0 Å². The second-order valence-electron chi connectivity index (χ2n) is 6.83. The van der Waals surface area contributed by atoms with Gasteiger partial charge in [-0.15, -0.1) is 0 Å². The minimum atomic E-state index is -0.531. The van der Waals surface area contributed by atoms with Crippen molar-refractivity contribution < 1.29 is 18.7 Å². The third-order valence-electron chi connectivity index (χ3n) is 4.69. The summed E-state index contributed by atoms with van der Waals surface area (Å²) in [6.45, 7) is 0.440. The molecule has 0 aliphatic heterocycles. The Morgan fingerprint density at radius 2 is 2.00 bits per heavy atom. The molecule has 1 amide bonds. The number of carbonyl (C=O) groups excluding carboxylic acids is 2. The second kappa shape index (κ2) is 9.57. The summed E-state index contributed by atoms with van der Waals surface area (Å²) in [6.07, 6.45) is 2.68. The molecule has 0 fully saturated rings. The van der Waals surface area contributed by atoms with Crippen LogP contribution in [0.1, 0.15) is 32.1 Å². The lowest BCUT2D eigenvalue weighted by Crippen LogP contribution is -2.24. The van der Waals surface area contributed by atoms with E-state index in [0.29, 0.717) is 40.2 Å². The van der Waals surface area contributed by atoms with E-state index >= 15 is 0 Å². The van der Waals surface area contributed by atoms with Gasteiger partial charge >= 0.3 is 5.97 Å². The molecule has 0 aliphatic carbocycles. The van der Waals surface area contributed by atoms with Crippen molar-refractivity contribution in [2.45, 2.75) is 13.1 Å². The number of aromatic nitrogens is 5. The standard InChI is InChI=1S/C21H17ClFN7O3/c1-33-21(32)12-3-4-13(24-8-12)9-25-19-17-16(29-30-19)18(28-10-27-17)20(31)26-7-11-2-5-15(23)14(22)6-11/h2-6,8,10H,7,9H2,1H3,(H,26,31)(H2,25,29,30). The predicted molar refractivity (Wildman–Crippen MR) is 117 cm³/mol. The molecule has 0 atom stereocenters. The van der Waals surface area contributed by atoms with Gasteiger partial charge in [-0.25, -0.2) is 19.2 Å². The topological polar surface area (TPSA) is 135 Å². The molecule has 0 saturated heterocycles. The van der Waals surface area contributed by atoms with Gasteiger partial charge in [-0.05, 0) is 29.8 Å². The second-order valence-corrected chi connectivity index (χ2v) is 7.24. The van der Waals surface area contributed by atoms with Crippen LogP contribution >= 0.6 is 11.6 Å². The molecule has 12 heteroatoms. The van der Waals surface area contributed by atoms with Gasteiger partial charge in [0.25, 0.3) is 5.91 Å². The van der Waals surface area contributed by atoms with E-state index in [0.717, 1.165) is 0 Å². The highest BCUT2D eigenvalue weighted by Crippen LogP contribution is 2.21. The molecule has 4 aromatic rings. The third kappa shape index (κ3) is 4.88. The molecule has 3 N–H and O–H groups in total. The molecule has 0 saturated carbocycles. The van der Waals surface area contributed by atoms with Crippen molar-refractivity contribution in [3.05, 3.63) is 76.2 Å². The Labute approximate surface area is 191 Å². The fourth-order valence-corrected chi connectivity index (χ4v) is 3.19. The van der Waals surface area contributed by atoms with Crippen LogP contribution in [0.3, 0.4) is 0 Å². The fourth-order valence-electron chi connectivity index (χ4n) is 2.99. The van der Waals surface area contributed by atoms with Gasteiger partial charge in [-0.2, -0.15) is 5.10 Å². The average Bonchev–Trinajstić information content (AvgIpc) is 3.26. The molecule has 0 unspecified atom stereocenters. The van der Waals surface area contributed by atoms with Crippen LogP contribution in [0.2, 0.25) is 5.02 Å². The Kier molecular flexibility index (Phi) is 6.41. The highest BCUT2D eigenvalue weighted by atomic mass is 35.5. The Morgan fingerprint density at radius 1 is 1.15 bits per heavy atom. The van der Waals surface area contributed by atoms with E-state index in [4.69, 9.17) is 11.6 Å². The van der Waals surface area contributed by atoms with Crippen LogP contribution in [-0.2, 0) is 17.8 Å². The average molecular weight is 470 g/mol. The number of anilines is 1. The summed E-state index contributed by atoms with van der Waals surface area (Å²) in [7, 11) is 1.30. The molecule has 0 bridgehead atoms. The van der Waals surface area contributed by atoms with Gasteiger partial charge in [0.2, 0.25) is 0 Å². The fraction of sp³-hybridized carbons (Fsp3) is 0.143. The number of halogens is 2. The number of rotatable bonds is 7. The number of aromatic amines is 1. The number of nitrogens with one attached hydrogen (secondary N) is 3. The van der Waals surface area contributed by atoms with E-state index < -0.39 is 17.7 Å². The summed E-state index contributed by atoms with van der Waals surface area (Å²) >= 11 is 5.78. The van der Waals surface area contributed by atoms with Crippen molar-refractivity contribution in [1.82, 2.24) is 30.5 Å². The number of esters is 1. The van der Waals surface area contributed by atoms with E-state index in [1.807, 2.05) is 0 Å². The number of H-pyrrole nitrogens is 1. The Morgan fingerprint density at radius 3 is 2.73 bits per heavy atom. The van der Waals surface area contributed by atoms with Crippen molar-refractivity contribution >= 4 is 40.3 Å². The zero-order chi connectivity index (χ0) is 23.4. The van der Waals surface area contributed by atoms with Gasteiger partial charge in [-0.3, -0.25) is 14.9 Å². The van der Waals surface area contributed by atoms with Crippen LogP contribution in [0.25, 0.3) is 11.0 Å². The van der Waals surface area contributed by atoms with E-state index in [1.165, 1.54) is 37.8 Å². The normalized spacial score (nSPS) is 10.8. The lowest BCUT2D eigenvalue weighted by molar-refractivity contribution is 0.0600. The highest BCUT2D eigenvalue weighted by molar-refractivity contribution is 6.30. The van der Waals surface area contributed by atoms with Gasteiger partial charge in [-0.1, -0.05) is 17.7 Å². The largest absolute Gasteiger partial charge is 0.465 e. The number of hydrogen-bond acceptors (Lipinski definition) is 8. The van der Waals surface area contributed by atoms with Crippen LogP contribution in [0.15, 0.2) is 42.9 Å². The molecule has 3 heterocycles. The van der Waals surface area contributed by atoms with Crippen LogP contribution in [0.4, 0.5) is 10.2 Å². The first-order valence-electron chi connectivity index (χ1n) is 9.64. The minimum Gasteiger partial charge on any atom is -0.465 e. The zero-order valence-electron chi connectivity index (χ0n) is 17.2. The molecule has 0 radical (unpaired) electrons. The molecule has 1 aromatic carbocycles. The van der Waals surface area contributed by atoms with Crippen LogP contribution < -0.4 is 10.6 Å². The number of fused-ring (bicyclic) bond motifs is 1. The number of carbonyl (C=O) groups is 2. The van der Waals surface area contributed by atoms with Crippen molar-refractivity contribution in [3.63, 3.8) is 0 Å². The van der Waals surface area contributed by atoms with Crippen LogP contribution in [-0.4, -0.2) is 44.1 Å². The minimum absolute atomic E-state index is 0.0233. The summed E-state index contributed by atoms with van der Waals surface area (Å²) in [5.74, 6) is -1.05. The maximum atomic E-state index is 13.3. The molecule has 10 nitrogen and oxygen atoms in total. The molecule has 4 rings (SSSR count). The van der Waals surface area contributed by atoms with Gasteiger partial charge < -0.3 is 15.4 Å². The summed E-state index contributed by atoms with van der Waals surface area (Å²) in [5.41, 5.74) is 2.52. The Balaban J connectivity index is 1.45. The third-order valence-corrected chi connectivity index (χ3v) is 4.98. The Bertz CT molecular complexity index is 1330. The maximum absolute atomic E-state index is 13.3. The first kappa shape index (κ1) is 22.1. The van der Waals surface area contributed by atoms with Gasteiger partial charge in [0.15, 0.2) is 11.5 Å². The molecule has 33 heavy (non-hydrogen) atoms. The number of amides is 1. The lowest BCUT2D eigenvalue weighted by atomic mass is 10.2. The van der Waals surface area contributed by atoms with E-state index in [2.05, 4.69) is 40.5 Å². The highest BCUT2D eigenvalue weighted by Gasteiger charge is 2.17. The quantitative estimate of drug-likeness (QED) is 0.352. The van der Waals surface area contributed by atoms with Crippen LogP contribution in [0.5, 0.6) is 0 Å². The molecular formula is C21H17ClFN7O3. The number of pyridine rings is 1.